The maximum absolute atomic E-state index is 13.1. The number of hydrogen-bond donors (Lipinski definition) is 0. The molecule has 0 saturated carbocycles. The summed E-state index contributed by atoms with van der Waals surface area (Å²) in [4.78, 5) is 35.9. The van der Waals surface area contributed by atoms with Gasteiger partial charge in [0.15, 0.2) is 5.01 Å². The van der Waals surface area contributed by atoms with Crippen molar-refractivity contribution in [3.05, 3.63) is 82.4 Å². The van der Waals surface area contributed by atoms with E-state index < -0.39 is 0 Å². The lowest BCUT2D eigenvalue weighted by Gasteiger charge is -2.48. The molecule has 8 nitrogen and oxygen atoms in total. The van der Waals surface area contributed by atoms with Gasteiger partial charge in [-0.1, -0.05) is 6.07 Å². The second-order valence-corrected chi connectivity index (χ2v) is 10.0. The van der Waals surface area contributed by atoms with E-state index in [1.165, 1.54) is 11.3 Å². The minimum absolute atomic E-state index is 0.0112. The zero-order valence-electron chi connectivity index (χ0n) is 19.6. The van der Waals surface area contributed by atoms with Gasteiger partial charge >= 0.3 is 0 Å². The smallest absolute Gasteiger partial charge is 0.282 e. The van der Waals surface area contributed by atoms with Crippen LogP contribution in [-0.2, 0) is 0 Å². The summed E-state index contributed by atoms with van der Waals surface area (Å²) >= 11 is 1.38. The van der Waals surface area contributed by atoms with E-state index in [1.54, 1.807) is 12.3 Å². The summed E-state index contributed by atoms with van der Waals surface area (Å²) in [6, 6.07) is 17.8. The third kappa shape index (κ3) is 4.04. The molecule has 0 N–H and O–H groups in total. The Balaban J connectivity index is 1.07. The van der Waals surface area contributed by atoms with E-state index >= 15 is 0 Å². The van der Waals surface area contributed by atoms with Crippen molar-refractivity contribution in [1.29, 1.82) is 5.26 Å². The summed E-state index contributed by atoms with van der Waals surface area (Å²) in [6.45, 7) is 4.42. The fourth-order valence-corrected chi connectivity index (χ4v) is 5.62. The van der Waals surface area contributed by atoms with E-state index in [0.717, 1.165) is 29.7 Å². The van der Waals surface area contributed by atoms with Gasteiger partial charge < -0.3 is 14.4 Å². The molecule has 0 unspecified atom stereocenters. The van der Waals surface area contributed by atoms with Gasteiger partial charge in [0.1, 0.15) is 0 Å². The molecule has 2 saturated heterocycles. The molecule has 2 aliphatic rings. The van der Waals surface area contributed by atoms with Crippen LogP contribution in [0.25, 0.3) is 16.6 Å². The van der Waals surface area contributed by atoms with Crippen LogP contribution in [0, 0.1) is 11.3 Å². The standard InChI is InChI=1S/C27H24N6O2S/c28-16-19-2-1-3-22(14-19)33-8-6-20-15-21(4-5-24(20)33)26(34)32-17-23(18-32)30-9-11-31(12-10-30)27(35)25-29-7-13-36-25/h1-8,13-15,23H,9-12,17-18H2. The topological polar surface area (TPSA) is 85.5 Å². The zero-order valence-corrected chi connectivity index (χ0v) is 20.4. The van der Waals surface area contributed by atoms with E-state index in [2.05, 4.69) is 16.0 Å². The first-order chi connectivity index (χ1) is 17.6. The lowest BCUT2D eigenvalue weighted by molar-refractivity contribution is 0.00854. The molecule has 0 atom stereocenters. The first-order valence-electron chi connectivity index (χ1n) is 11.9. The highest BCUT2D eigenvalue weighted by Crippen LogP contribution is 2.25. The minimum Gasteiger partial charge on any atom is -0.335 e. The monoisotopic (exact) mass is 496 g/mol. The Kier molecular flexibility index (Phi) is 5.76. The number of fused-ring (bicyclic) bond motifs is 1. The fraction of sp³-hybridized carbons (Fsp3) is 0.259. The van der Waals surface area contributed by atoms with Crippen LogP contribution in [-0.4, -0.2) is 81.4 Å². The number of nitrogens with zero attached hydrogens (tertiary/aromatic N) is 6. The number of thiazole rings is 1. The van der Waals surface area contributed by atoms with Crippen LogP contribution in [0.3, 0.4) is 0 Å². The number of amides is 2. The number of benzene rings is 2. The molecule has 0 bridgehead atoms. The minimum atomic E-state index is 0.0112. The predicted octanol–water partition coefficient (Wildman–Crippen LogP) is 3.24. The first-order valence-corrected chi connectivity index (χ1v) is 12.8. The van der Waals surface area contributed by atoms with Crippen LogP contribution in [0.1, 0.15) is 25.7 Å². The highest BCUT2D eigenvalue weighted by atomic mass is 32.1. The van der Waals surface area contributed by atoms with Gasteiger partial charge in [0.25, 0.3) is 11.8 Å². The maximum atomic E-state index is 13.1. The molecule has 0 aliphatic carbocycles. The number of hydrogen-bond acceptors (Lipinski definition) is 6. The highest BCUT2D eigenvalue weighted by molar-refractivity contribution is 7.11. The SMILES string of the molecule is N#Cc1cccc(-n2ccc3cc(C(=O)N4CC(N5CCN(C(=O)c6nccs6)CC5)C4)ccc32)c1. The van der Waals surface area contributed by atoms with E-state index in [0.29, 0.717) is 48.4 Å². The Morgan fingerprint density at radius 2 is 1.81 bits per heavy atom. The van der Waals surface area contributed by atoms with Gasteiger partial charge in [-0.25, -0.2) is 4.98 Å². The summed E-state index contributed by atoms with van der Waals surface area (Å²) in [7, 11) is 0. The molecule has 0 spiro atoms. The molecule has 180 valence electrons. The molecule has 2 amide bonds. The summed E-state index contributed by atoms with van der Waals surface area (Å²) in [5.74, 6) is 0.0574. The molecule has 36 heavy (non-hydrogen) atoms. The average Bonchev–Trinajstić information content (AvgIpc) is 3.58. The van der Waals surface area contributed by atoms with Crippen LogP contribution in [0.4, 0.5) is 0 Å². The van der Waals surface area contributed by atoms with Crippen LogP contribution in [0.2, 0.25) is 0 Å². The Morgan fingerprint density at radius 1 is 0.972 bits per heavy atom. The molecule has 4 heterocycles. The van der Waals surface area contributed by atoms with Crippen LogP contribution >= 0.6 is 11.3 Å². The van der Waals surface area contributed by atoms with Crippen LogP contribution in [0.15, 0.2) is 66.3 Å². The van der Waals surface area contributed by atoms with Crippen LogP contribution < -0.4 is 0 Å². The van der Waals surface area contributed by atoms with Gasteiger partial charge in [-0.2, -0.15) is 5.26 Å². The quantitative estimate of drug-likeness (QED) is 0.433. The lowest BCUT2D eigenvalue weighted by Crippen LogP contribution is -2.64. The third-order valence-corrected chi connectivity index (χ3v) is 7.83. The van der Waals surface area contributed by atoms with Crippen molar-refractivity contribution >= 4 is 34.1 Å². The van der Waals surface area contributed by atoms with E-state index in [-0.39, 0.29) is 11.8 Å². The molecule has 2 aromatic carbocycles. The van der Waals surface area contributed by atoms with Crippen molar-refractivity contribution in [3.8, 4) is 11.8 Å². The molecule has 0 radical (unpaired) electrons. The van der Waals surface area contributed by atoms with Crippen molar-refractivity contribution in [3.63, 3.8) is 0 Å². The summed E-state index contributed by atoms with van der Waals surface area (Å²) < 4.78 is 2.03. The predicted molar refractivity (Wildman–Crippen MR) is 137 cm³/mol. The van der Waals surface area contributed by atoms with Gasteiger partial charge in [0.05, 0.1) is 17.1 Å². The Hall–Kier alpha value is -4.00. The molecular formula is C27H24N6O2S. The Morgan fingerprint density at radius 3 is 2.56 bits per heavy atom. The van der Waals surface area contributed by atoms with E-state index in [9.17, 15) is 14.9 Å². The molecule has 9 heteroatoms. The van der Waals surface area contributed by atoms with Gasteiger partial charge in [-0.3, -0.25) is 14.5 Å². The number of carbonyl (C=O) groups excluding carboxylic acids is 2. The lowest BCUT2D eigenvalue weighted by atomic mass is 10.0. The summed E-state index contributed by atoms with van der Waals surface area (Å²) in [5, 5.41) is 12.6. The number of nitriles is 1. The number of likely N-dealkylation sites (tertiary alicyclic amines) is 1. The normalized spacial score (nSPS) is 16.6. The van der Waals surface area contributed by atoms with Crippen molar-refractivity contribution in [2.45, 2.75) is 6.04 Å². The van der Waals surface area contributed by atoms with E-state index in [4.69, 9.17) is 0 Å². The number of rotatable bonds is 4. The van der Waals surface area contributed by atoms with Crippen molar-refractivity contribution in [1.82, 2.24) is 24.3 Å². The second-order valence-electron chi connectivity index (χ2n) is 9.15. The largest absolute Gasteiger partial charge is 0.335 e. The molecular weight excluding hydrogens is 472 g/mol. The Bertz CT molecular complexity index is 1470. The maximum Gasteiger partial charge on any atom is 0.282 e. The number of aromatic nitrogens is 2. The average molecular weight is 497 g/mol. The molecule has 4 aromatic rings. The number of carbonyl (C=O) groups is 2. The molecule has 2 aromatic heterocycles. The van der Waals surface area contributed by atoms with Crippen molar-refractivity contribution in [2.75, 3.05) is 39.3 Å². The fourth-order valence-electron chi connectivity index (χ4n) is 5.02. The molecule has 2 fully saturated rings. The van der Waals surface area contributed by atoms with Crippen LogP contribution in [0.5, 0.6) is 0 Å². The van der Waals surface area contributed by atoms with Gasteiger partial charge in [0, 0.05) is 79.7 Å². The van der Waals surface area contributed by atoms with Gasteiger partial charge in [-0.15, -0.1) is 11.3 Å². The Labute approximate surface area is 212 Å². The first kappa shape index (κ1) is 22.5. The summed E-state index contributed by atoms with van der Waals surface area (Å²) in [5.41, 5.74) is 3.21. The molecule has 2 aliphatic heterocycles. The van der Waals surface area contributed by atoms with Crippen molar-refractivity contribution in [2.24, 2.45) is 0 Å². The highest BCUT2D eigenvalue weighted by Gasteiger charge is 2.37. The van der Waals surface area contributed by atoms with Gasteiger partial charge in [-0.05, 0) is 42.5 Å². The van der Waals surface area contributed by atoms with Gasteiger partial charge in [0.2, 0.25) is 0 Å². The second kappa shape index (κ2) is 9.22. The molecule has 6 rings (SSSR count). The van der Waals surface area contributed by atoms with E-state index in [1.807, 2.05) is 68.4 Å². The summed E-state index contributed by atoms with van der Waals surface area (Å²) in [6.07, 6.45) is 3.63. The zero-order chi connectivity index (χ0) is 24.6. The number of piperazine rings is 1. The van der Waals surface area contributed by atoms with Crippen molar-refractivity contribution < 1.29 is 9.59 Å². The third-order valence-electron chi connectivity index (χ3n) is 7.07.